The minimum absolute atomic E-state index is 0.151. The number of para-hydroxylation sites is 1. The van der Waals surface area contributed by atoms with Crippen molar-refractivity contribution in [3.63, 3.8) is 0 Å². The Morgan fingerprint density at radius 3 is 2.42 bits per heavy atom. The van der Waals surface area contributed by atoms with Gasteiger partial charge in [-0.1, -0.05) is 30.3 Å². The van der Waals surface area contributed by atoms with Crippen molar-refractivity contribution in [3.8, 4) is 11.1 Å². The number of hydrogen-bond donors (Lipinski definition) is 1. The normalized spacial score (nSPS) is 11.7. The van der Waals surface area contributed by atoms with Gasteiger partial charge in [0.2, 0.25) is 0 Å². The molecule has 1 heterocycles. The van der Waals surface area contributed by atoms with Gasteiger partial charge in [0.1, 0.15) is 5.82 Å². The Morgan fingerprint density at radius 2 is 1.79 bits per heavy atom. The second-order valence-electron chi connectivity index (χ2n) is 5.92. The van der Waals surface area contributed by atoms with Gasteiger partial charge in [-0.15, -0.1) is 0 Å². The van der Waals surface area contributed by atoms with E-state index in [-0.39, 0.29) is 11.9 Å². The van der Waals surface area contributed by atoms with E-state index in [1.807, 2.05) is 24.3 Å². The van der Waals surface area contributed by atoms with Crippen molar-refractivity contribution < 1.29 is 14.3 Å². The van der Waals surface area contributed by atoms with E-state index in [9.17, 15) is 9.18 Å². The molecule has 24 heavy (non-hydrogen) atoms. The van der Waals surface area contributed by atoms with E-state index in [1.54, 1.807) is 18.2 Å². The first-order valence-electron chi connectivity index (χ1n) is 7.79. The average Bonchev–Trinajstić information content (AvgIpc) is 2.88. The Labute approximate surface area is 139 Å². The number of carboxylic acid groups (broad SMARTS) is 1. The minimum Gasteiger partial charge on any atom is -0.478 e. The van der Waals surface area contributed by atoms with Crippen LogP contribution in [0.1, 0.15) is 25.6 Å². The number of hydrogen-bond acceptors (Lipinski definition) is 1. The van der Waals surface area contributed by atoms with Crippen molar-refractivity contribution in [2.75, 3.05) is 0 Å². The SMILES string of the molecule is CC(C)n1c(/C=C/C(=O)O)c(-c2ccc(F)cc2)c2ccccc21. The van der Waals surface area contributed by atoms with Crippen LogP contribution in [0.4, 0.5) is 4.39 Å². The van der Waals surface area contributed by atoms with Crippen LogP contribution in [0.25, 0.3) is 28.1 Å². The van der Waals surface area contributed by atoms with Gasteiger partial charge < -0.3 is 9.67 Å². The molecule has 0 aliphatic carbocycles. The lowest BCUT2D eigenvalue weighted by atomic mass is 10.0. The van der Waals surface area contributed by atoms with Gasteiger partial charge in [0.15, 0.2) is 0 Å². The fourth-order valence-corrected chi connectivity index (χ4v) is 3.07. The molecule has 3 rings (SSSR count). The number of aromatic nitrogens is 1. The van der Waals surface area contributed by atoms with Gasteiger partial charge in [-0.2, -0.15) is 0 Å². The van der Waals surface area contributed by atoms with Gasteiger partial charge >= 0.3 is 5.97 Å². The van der Waals surface area contributed by atoms with Crippen molar-refractivity contribution in [1.29, 1.82) is 0 Å². The Morgan fingerprint density at radius 1 is 1.12 bits per heavy atom. The van der Waals surface area contributed by atoms with E-state index in [4.69, 9.17) is 5.11 Å². The maximum absolute atomic E-state index is 13.3. The third kappa shape index (κ3) is 2.83. The Balaban J connectivity index is 2.38. The largest absolute Gasteiger partial charge is 0.478 e. The molecule has 1 N–H and O–H groups in total. The number of nitrogens with zero attached hydrogens (tertiary/aromatic N) is 1. The fraction of sp³-hybridized carbons (Fsp3) is 0.150. The smallest absolute Gasteiger partial charge is 0.328 e. The van der Waals surface area contributed by atoms with Gasteiger partial charge in [0.25, 0.3) is 0 Å². The molecule has 3 nitrogen and oxygen atoms in total. The van der Waals surface area contributed by atoms with Crippen molar-refractivity contribution >= 4 is 22.9 Å². The van der Waals surface area contributed by atoms with Gasteiger partial charge in [0.05, 0.1) is 5.69 Å². The summed E-state index contributed by atoms with van der Waals surface area (Å²) in [5, 5.41) is 10.0. The predicted molar refractivity (Wildman–Crippen MR) is 94.4 cm³/mol. The second kappa shape index (κ2) is 6.32. The van der Waals surface area contributed by atoms with Gasteiger partial charge in [0, 0.05) is 28.6 Å². The number of aliphatic carboxylic acids is 1. The van der Waals surface area contributed by atoms with E-state index in [0.717, 1.165) is 33.8 Å². The number of fused-ring (bicyclic) bond motifs is 1. The van der Waals surface area contributed by atoms with Gasteiger partial charge in [-0.25, -0.2) is 9.18 Å². The summed E-state index contributed by atoms with van der Waals surface area (Å²) < 4.78 is 15.4. The Kier molecular flexibility index (Phi) is 4.21. The third-order valence-electron chi connectivity index (χ3n) is 3.98. The van der Waals surface area contributed by atoms with Crippen molar-refractivity contribution in [2.24, 2.45) is 0 Å². The average molecular weight is 323 g/mol. The highest BCUT2D eigenvalue weighted by Gasteiger charge is 2.18. The van der Waals surface area contributed by atoms with Crippen LogP contribution in [-0.4, -0.2) is 15.6 Å². The second-order valence-corrected chi connectivity index (χ2v) is 5.92. The summed E-state index contributed by atoms with van der Waals surface area (Å²) in [7, 11) is 0. The molecule has 0 saturated heterocycles. The number of carbonyl (C=O) groups is 1. The monoisotopic (exact) mass is 323 g/mol. The first-order valence-corrected chi connectivity index (χ1v) is 7.79. The van der Waals surface area contributed by atoms with Crippen LogP contribution in [0.15, 0.2) is 54.6 Å². The van der Waals surface area contributed by atoms with Crippen molar-refractivity contribution in [2.45, 2.75) is 19.9 Å². The van der Waals surface area contributed by atoms with Crippen molar-refractivity contribution in [3.05, 3.63) is 66.1 Å². The predicted octanol–water partition coefficient (Wildman–Crippen LogP) is 5.13. The fourth-order valence-electron chi connectivity index (χ4n) is 3.07. The van der Waals surface area contributed by atoms with E-state index < -0.39 is 5.97 Å². The molecule has 0 aliphatic rings. The molecule has 0 aliphatic heterocycles. The number of rotatable bonds is 4. The maximum atomic E-state index is 13.3. The van der Waals surface area contributed by atoms with Crippen LogP contribution in [0, 0.1) is 5.82 Å². The summed E-state index contributed by atoms with van der Waals surface area (Å²) in [6, 6.07) is 14.4. The van der Waals surface area contributed by atoms with Crippen LogP contribution in [0.2, 0.25) is 0 Å². The van der Waals surface area contributed by atoms with Gasteiger partial charge in [-0.05, 0) is 43.7 Å². The quantitative estimate of drug-likeness (QED) is 0.677. The minimum atomic E-state index is -0.999. The molecule has 0 radical (unpaired) electrons. The number of halogens is 1. The Hall–Kier alpha value is -2.88. The van der Waals surface area contributed by atoms with Crippen LogP contribution in [-0.2, 0) is 4.79 Å². The zero-order chi connectivity index (χ0) is 17.3. The van der Waals surface area contributed by atoms with Crippen molar-refractivity contribution in [1.82, 2.24) is 4.57 Å². The molecule has 0 spiro atoms. The molecular weight excluding hydrogens is 305 g/mol. The summed E-state index contributed by atoms with van der Waals surface area (Å²) in [5.41, 5.74) is 3.60. The summed E-state index contributed by atoms with van der Waals surface area (Å²) in [4.78, 5) is 11.0. The summed E-state index contributed by atoms with van der Waals surface area (Å²) >= 11 is 0. The highest BCUT2D eigenvalue weighted by molar-refractivity contribution is 6.02. The zero-order valence-corrected chi connectivity index (χ0v) is 13.5. The molecular formula is C20H18FNO2. The molecule has 0 bridgehead atoms. The highest BCUT2D eigenvalue weighted by Crippen LogP contribution is 2.37. The molecule has 2 aromatic carbocycles. The zero-order valence-electron chi connectivity index (χ0n) is 13.5. The summed E-state index contributed by atoms with van der Waals surface area (Å²) in [5.74, 6) is -1.30. The lowest BCUT2D eigenvalue weighted by molar-refractivity contribution is -0.131. The molecule has 1 aromatic heterocycles. The molecule has 3 aromatic rings. The first kappa shape index (κ1) is 16.0. The van der Waals surface area contributed by atoms with Crippen LogP contribution in [0.5, 0.6) is 0 Å². The first-order chi connectivity index (χ1) is 11.5. The lowest BCUT2D eigenvalue weighted by Gasteiger charge is -2.13. The Bertz CT molecular complexity index is 921. The van der Waals surface area contributed by atoms with Crippen LogP contribution < -0.4 is 0 Å². The summed E-state index contributed by atoms with van der Waals surface area (Å²) in [6.07, 6.45) is 2.75. The maximum Gasteiger partial charge on any atom is 0.328 e. The van der Waals surface area contributed by atoms with Crippen LogP contribution >= 0.6 is 0 Å². The van der Waals surface area contributed by atoms with Gasteiger partial charge in [-0.3, -0.25) is 0 Å². The molecule has 0 atom stereocenters. The highest BCUT2D eigenvalue weighted by atomic mass is 19.1. The topological polar surface area (TPSA) is 42.2 Å². The van der Waals surface area contributed by atoms with E-state index in [2.05, 4.69) is 18.4 Å². The summed E-state index contributed by atoms with van der Waals surface area (Å²) in [6.45, 7) is 4.11. The number of carboxylic acids is 1. The van der Waals surface area contributed by atoms with E-state index in [1.165, 1.54) is 12.1 Å². The third-order valence-corrected chi connectivity index (χ3v) is 3.98. The van der Waals surface area contributed by atoms with E-state index >= 15 is 0 Å². The molecule has 0 amide bonds. The van der Waals surface area contributed by atoms with E-state index in [0.29, 0.717) is 0 Å². The molecule has 0 unspecified atom stereocenters. The lowest BCUT2D eigenvalue weighted by Crippen LogP contribution is -2.03. The molecule has 0 fully saturated rings. The molecule has 122 valence electrons. The molecule has 0 saturated carbocycles. The number of benzene rings is 2. The van der Waals surface area contributed by atoms with Crippen LogP contribution in [0.3, 0.4) is 0 Å². The standard InChI is InChI=1S/C20H18FNO2/c1-13(2)22-17-6-4-3-5-16(17)20(18(22)11-12-19(23)24)14-7-9-15(21)10-8-14/h3-13H,1-2H3,(H,23,24)/b12-11+. The molecule has 4 heteroatoms.